The van der Waals surface area contributed by atoms with E-state index in [1.807, 2.05) is 0 Å². The van der Waals surface area contributed by atoms with Crippen LogP contribution in [0.1, 0.15) is 0 Å². The molecular weight excluding hydrogens is 247 g/mol. The molecule has 0 saturated carbocycles. The van der Waals surface area contributed by atoms with Gasteiger partial charge in [-0.15, -0.1) is 0 Å². The molecule has 1 atom stereocenters. The monoisotopic (exact) mass is 253 g/mol. The lowest BCUT2D eigenvalue weighted by Crippen LogP contribution is -2.58. The highest BCUT2D eigenvalue weighted by atomic mass is 19.4. The summed E-state index contributed by atoms with van der Waals surface area (Å²) >= 11 is 0. The third kappa shape index (κ3) is 3.24. The summed E-state index contributed by atoms with van der Waals surface area (Å²) in [6.07, 6.45) is -4.98. The van der Waals surface area contributed by atoms with Crippen LogP contribution in [0.25, 0.3) is 0 Å². The molecule has 0 aromatic rings. The minimum Gasteiger partial charge on any atom is -0.382 e. The van der Waals surface area contributed by atoms with Gasteiger partial charge in [-0.3, -0.25) is 4.79 Å². The zero-order valence-electron chi connectivity index (χ0n) is 8.10. The standard InChI is InChI=1S/C7H6F3N3O4/c8-7(9,10)6(16)17-4(14)1-12-13-2-3(11)5(13)15/h1,3H,2,11H2/b12-1+/t3-/m0/s1. The Morgan fingerprint density at radius 3 is 2.53 bits per heavy atom. The fraction of sp³-hybridized carbons (Fsp3) is 0.429. The second-order valence-corrected chi connectivity index (χ2v) is 2.98. The van der Waals surface area contributed by atoms with Gasteiger partial charge in [-0.25, -0.2) is 14.6 Å². The number of hydrogen-bond acceptors (Lipinski definition) is 6. The molecule has 1 rings (SSSR count). The average molecular weight is 253 g/mol. The van der Waals surface area contributed by atoms with Gasteiger partial charge in [0.2, 0.25) is 0 Å². The molecule has 0 aromatic carbocycles. The van der Waals surface area contributed by atoms with E-state index in [0.717, 1.165) is 5.01 Å². The minimum atomic E-state index is -5.27. The number of esters is 2. The Bertz CT molecular complexity index is 392. The van der Waals surface area contributed by atoms with E-state index in [1.54, 1.807) is 0 Å². The van der Waals surface area contributed by atoms with Crippen LogP contribution in [0.2, 0.25) is 0 Å². The van der Waals surface area contributed by atoms with Crippen LogP contribution in [0.4, 0.5) is 13.2 Å². The second-order valence-electron chi connectivity index (χ2n) is 2.98. The van der Waals surface area contributed by atoms with E-state index in [1.165, 1.54) is 0 Å². The zero-order valence-corrected chi connectivity index (χ0v) is 8.10. The van der Waals surface area contributed by atoms with Crippen LogP contribution < -0.4 is 5.73 Å². The number of hydrogen-bond donors (Lipinski definition) is 1. The summed E-state index contributed by atoms with van der Waals surface area (Å²) in [5, 5.41) is 3.93. The molecule has 7 nitrogen and oxygen atoms in total. The number of amides is 1. The number of carbonyl (C=O) groups excluding carboxylic acids is 3. The van der Waals surface area contributed by atoms with Crippen molar-refractivity contribution < 1.29 is 32.3 Å². The Labute approximate surface area is 92.0 Å². The molecule has 17 heavy (non-hydrogen) atoms. The van der Waals surface area contributed by atoms with Crippen molar-refractivity contribution in [2.45, 2.75) is 12.2 Å². The molecule has 1 heterocycles. The van der Waals surface area contributed by atoms with Crippen molar-refractivity contribution in [1.82, 2.24) is 5.01 Å². The van der Waals surface area contributed by atoms with E-state index in [9.17, 15) is 27.6 Å². The van der Waals surface area contributed by atoms with Crippen molar-refractivity contribution in [2.75, 3.05) is 6.54 Å². The predicted octanol–water partition coefficient (Wildman–Crippen LogP) is -1.23. The molecule has 10 heteroatoms. The Morgan fingerprint density at radius 1 is 1.53 bits per heavy atom. The fourth-order valence-electron chi connectivity index (χ4n) is 0.830. The first-order valence-electron chi connectivity index (χ1n) is 4.15. The highest BCUT2D eigenvalue weighted by Crippen LogP contribution is 2.16. The van der Waals surface area contributed by atoms with Crippen molar-refractivity contribution in [3.63, 3.8) is 0 Å². The Kier molecular flexibility index (Phi) is 3.46. The number of nitrogens with zero attached hydrogens (tertiary/aromatic N) is 2. The van der Waals surface area contributed by atoms with E-state index >= 15 is 0 Å². The van der Waals surface area contributed by atoms with Gasteiger partial charge >= 0.3 is 18.1 Å². The van der Waals surface area contributed by atoms with Gasteiger partial charge < -0.3 is 10.5 Å². The van der Waals surface area contributed by atoms with Gasteiger partial charge in [0.05, 0.1) is 6.54 Å². The molecule has 0 aromatic heterocycles. The van der Waals surface area contributed by atoms with Gasteiger partial charge in [0, 0.05) is 0 Å². The summed E-state index contributed by atoms with van der Waals surface area (Å²) in [7, 11) is 0. The highest BCUT2D eigenvalue weighted by Gasteiger charge is 2.42. The molecule has 1 amide bonds. The first-order chi connectivity index (χ1) is 7.71. The normalized spacial score (nSPS) is 20.4. The molecule has 0 unspecified atom stereocenters. The number of carbonyl (C=O) groups is 3. The first-order valence-corrected chi connectivity index (χ1v) is 4.15. The summed E-state index contributed by atoms with van der Waals surface area (Å²) in [5.41, 5.74) is 5.17. The van der Waals surface area contributed by atoms with E-state index in [4.69, 9.17) is 5.73 Å². The van der Waals surface area contributed by atoms with Crippen LogP contribution in [0.3, 0.4) is 0 Å². The van der Waals surface area contributed by atoms with E-state index in [0.29, 0.717) is 0 Å². The van der Waals surface area contributed by atoms with Crippen LogP contribution in [0.5, 0.6) is 0 Å². The minimum absolute atomic E-state index is 0.0375. The molecule has 1 aliphatic rings. The number of ether oxygens (including phenoxy) is 1. The van der Waals surface area contributed by atoms with Crippen LogP contribution >= 0.6 is 0 Å². The van der Waals surface area contributed by atoms with Crippen LogP contribution in [-0.4, -0.2) is 47.8 Å². The summed E-state index contributed by atoms with van der Waals surface area (Å²) < 4.78 is 38.3. The SMILES string of the molecule is N[C@H]1CN(/N=C/C(=O)OC(=O)C(F)(F)F)C1=O. The zero-order chi connectivity index (χ0) is 13.2. The highest BCUT2D eigenvalue weighted by molar-refractivity contribution is 6.25. The van der Waals surface area contributed by atoms with Gasteiger partial charge in [0.1, 0.15) is 12.3 Å². The summed E-state index contributed by atoms with van der Waals surface area (Å²) in [4.78, 5) is 31.7. The largest absolute Gasteiger partial charge is 0.491 e. The maximum atomic E-state index is 11.6. The van der Waals surface area contributed by atoms with Crippen LogP contribution in [0, 0.1) is 0 Å². The lowest BCUT2D eigenvalue weighted by Gasteiger charge is -2.30. The number of halogens is 3. The summed E-state index contributed by atoms with van der Waals surface area (Å²) in [6, 6.07) is -0.736. The molecule has 2 N–H and O–H groups in total. The smallest absolute Gasteiger partial charge is 0.382 e. The Hall–Kier alpha value is -1.97. The predicted molar refractivity (Wildman–Crippen MR) is 45.3 cm³/mol. The summed E-state index contributed by atoms with van der Waals surface area (Å²) in [6.45, 7) is 0.0375. The molecule has 0 spiro atoms. The quantitative estimate of drug-likeness (QED) is 0.287. The maximum Gasteiger partial charge on any atom is 0.491 e. The van der Waals surface area contributed by atoms with Gasteiger partial charge in [-0.1, -0.05) is 0 Å². The molecule has 94 valence electrons. The van der Waals surface area contributed by atoms with Crippen molar-refractivity contribution in [3.8, 4) is 0 Å². The molecule has 1 aliphatic heterocycles. The van der Waals surface area contributed by atoms with Crippen LogP contribution in [0.15, 0.2) is 5.10 Å². The number of rotatable bonds is 2. The molecular formula is C7H6F3N3O4. The molecule has 0 aliphatic carbocycles. The Balaban J connectivity index is 2.43. The molecule has 0 radical (unpaired) electrons. The van der Waals surface area contributed by atoms with Gasteiger partial charge in [0.15, 0.2) is 0 Å². The topological polar surface area (TPSA) is 102 Å². The lowest BCUT2D eigenvalue weighted by molar-refractivity contribution is -0.199. The number of hydrazone groups is 1. The van der Waals surface area contributed by atoms with Crippen molar-refractivity contribution in [1.29, 1.82) is 0 Å². The van der Waals surface area contributed by atoms with Crippen LogP contribution in [-0.2, 0) is 19.1 Å². The molecule has 1 fully saturated rings. The molecule has 1 saturated heterocycles. The van der Waals surface area contributed by atoms with E-state index < -0.39 is 30.1 Å². The molecule has 0 bridgehead atoms. The van der Waals surface area contributed by atoms with Crippen molar-refractivity contribution in [3.05, 3.63) is 0 Å². The van der Waals surface area contributed by atoms with Gasteiger partial charge in [-0.05, 0) is 0 Å². The third-order valence-electron chi connectivity index (χ3n) is 1.67. The fourth-order valence-corrected chi connectivity index (χ4v) is 0.830. The van der Waals surface area contributed by atoms with Gasteiger partial charge in [-0.2, -0.15) is 18.3 Å². The average Bonchev–Trinajstić information content (AvgIpc) is 2.22. The summed E-state index contributed by atoms with van der Waals surface area (Å²) in [5.74, 6) is -4.86. The maximum absolute atomic E-state index is 11.6. The number of alkyl halides is 3. The number of nitrogens with two attached hydrogens (primary N) is 1. The number of β-lactam (4-membered cyclic amide) rings is 1. The van der Waals surface area contributed by atoms with Crippen molar-refractivity contribution in [2.24, 2.45) is 10.8 Å². The third-order valence-corrected chi connectivity index (χ3v) is 1.67. The van der Waals surface area contributed by atoms with E-state index in [-0.39, 0.29) is 12.8 Å². The lowest BCUT2D eigenvalue weighted by atomic mass is 10.2. The van der Waals surface area contributed by atoms with Gasteiger partial charge in [0.25, 0.3) is 5.91 Å². The Morgan fingerprint density at radius 2 is 2.12 bits per heavy atom. The van der Waals surface area contributed by atoms with Crippen molar-refractivity contribution >= 4 is 24.1 Å². The first kappa shape index (κ1) is 13.1. The second kappa shape index (κ2) is 4.49. The van der Waals surface area contributed by atoms with E-state index in [2.05, 4.69) is 9.84 Å².